The summed E-state index contributed by atoms with van der Waals surface area (Å²) in [7, 11) is 0. The lowest BCUT2D eigenvalue weighted by Crippen LogP contribution is -2.44. The Bertz CT molecular complexity index is 712. The molecule has 4 rings (SSSR count). The van der Waals surface area contributed by atoms with E-state index in [0.717, 1.165) is 19.3 Å². The number of fused-ring (bicyclic) bond motifs is 1. The molecule has 1 aliphatic heterocycles. The van der Waals surface area contributed by atoms with Crippen LogP contribution in [-0.4, -0.2) is 24.2 Å². The summed E-state index contributed by atoms with van der Waals surface area (Å²) in [5.41, 5.74) is 3.51. The number of carbonyl (C=O) groups excluding carboxylic acids is 1. The van der Waals surface area contributed by atoms with E-state index in [-0.39, 0.29) is 29.1 Å². The van der Waals surface area contributed by atoms with Gasteiger partial charge < -0.3 is 11.1 Å². The molecule has 0 unspecified atom stereocenters. The van der Waals surface area contributed by atoms with E-state index in [1.54, 1.807) is 0 Å². The monoisotopic (exact) mass is 338 g/mol. The van der Waals surface area contributed by atoms with Crippen LogP contribution in [0, 0.1) is 11.8 Å². The van der Waals surface area contributed by atoms with E-state index in [0.29, 0.717) is 11.8 Å². The molecule has 1 aromatic carbocycles. The fourth-order valence-electron chi connectivity index (χ4n) is 3.99. The SMILES string of the molecule is N[C@@H]1C[C@@H]2C[C@@H](NC(=O)c3cccc(C4(C(F)(F)F)N=N4)c3)C[C@@H]21. The molecule has 0 spiro atoms. The molecule has 0 aromatic heterocycles. The summed E-state index contributed by atoms with van der Waals surface area (Å²) in [6, 6.07) is 5.69. The number of amides is 1. The zero-order valence-corrected chi connectivity index (χ0v) is 12.8. The van der Waals surface area contributed by atoms with Gasteiger partial charge in [0, 0.05) is 23.2 Å². The van der Waals surface area contributed by atoms with Crippen molar-refractivity contribution in [3.05, 3.63) is 35.4 Å². The molecule has 3 N–H and O–H groups in total. The second-order valence-corrected chi connectivity index (χ2v) is 6.92. The highest BCUT2D eigenvalue weighted by Crippen LogP contribution is 2.52. The van der Waals surface area contributed by atoms with Crippen LogP contribution in [0.4, 0.5) is 13.2 Å². The standard InChI is InChI=1S/C16H17F3N4O/c17-16(18,19)15(22-23-15)10-3-1-2-8(4-10)14(24)21-11-5-9-6-13(20)12(9)7-11/h1-4,9,11-13H,5-7,20H2,(H,21,24)/t9-,11+,12-,13+/m0/s1. The van der Waals surface area contributed by atoms with E-state index < -0.39 is 11.8 Å². The lowest BCUT2D eigenvalue weighted by atomic mass is 9.72. The molecular formula is C16H17F3N4O. The van der Waals surface area contributed by atoms with Gasteiger partial charge in [-0.1, -0.05) is 12.1 Å². The first-order chi connectivity index (χ1) is 11.3. The predicted octanol–water partition coefficient (Wildman–Crippen LogP) is 2.72. The Morgan fingerprint density at radius 3 is 2.58 bits per heavy atom. The smallest absolute Gasteiger partial charge is 0.349 e. The maximum atomic E-state index is 13.1. The van der Waals surface area contributed by atoms with E-state index in [1.165, 1.54) is 24.3 Å². The normalized spacial score (nSPS) is 32.8. The van der Waals surface area contributed by atoms with Crippen molar-refractivity contribution in [1.29, 1.82) is 0 Å². The van der Waals surface area contributed by atoms with Crippen molar-refractivity contribution in [3.63, 3.8) is 0 Å². The first-order valence-corrected chi connectivity index (χ1v) is 7.98. The van der Waals surface area contributed by atoms with Gasteiger partial charge in [-0.05, 0) is 43.2 Å². The van der Waals surface area contributed by atoms with Gasteiger partial charge in [0.25, 0.3) is 5.91 Å². The number of hydrogen-bond acceptors (Lipinski definition) is 4. The molecule has 5 nitrogen and oxygen atoms in total. The number of nitrogens with one attached hydrogen (secondary N) is 1. The number of alkyl halides is 3. The Balaban J connectivity index is 1.47. The maximum absolute atomic E-state index is 13.1. The minimum Gasteiger partial charge on any atom is -0.349 e. The Hall–Kier alpha value is -1.96. The zero-order valence-electron chi connectivity index (χ0n) is 12.8. The van der Waals surface area contributed by atoms with E-state index in [9.17, 15) is 18.0 Å². The van der Waals surface area contributed by atoms with E-state index in [4.69, 9.17) is 5.73 Å². The third-order valence-electron chi connectivity index (χ3n) is 5.43. The average molecular weight is 338 g/mol. The van der Waals surface area contributed by atoms with Crippen LogP contribution in [0.1, 0.15) is 35.2 Å². The highest BCUT2D eigenvalue weighted by atomic mass is 19.4. The van der Waals surface area contributed by atoms with Crippen molar-refractivity contribution in [2.75, 3.05) is 0 Å². The molecule has 2 saturated carbocycles. The van der Waals surface area contributed by atoms with Gasteiger partial charge in [-0.2, -0.15) is 13.2 Å². The first-order valence-electron chi connectivity index (χ1n) is 7.98. The second-order valence-electron chi connectivity index (χ2n) is 6.92. The number of carbonyl (C=O) groups is 1. The highest BCUT2D eigenvalue weighted by molar-refractivity contribution is 5.94. The van der Waals surface area contributed by atoms with Gasteiger partial charge in [0.05, 0.1) is 0 Å². The highest BCUT2D eigenvalue weighted by Gasteiger charge is 2.65. The van der Waals surface area contributed by atoms with Crippen LogP contribution < -0.4 is 11.1 Å². The zero-order chi connectivity index (χ0) is 17.1. The van der Waals surface area contributed by atoms with Gasteiger partial charge in [0.2, 0.25) is 0 Å². The summed E-state index contributed by atoms with van der Waals surface area (Å²) >= 11 is 0. The number of nitrogens with zero attached hydrogens (tertiary/aromatic N) is 2. The van der Waals surface area contributed by atoms with Gasteiger partial charge in [0.15, 0.2) is 0 Å². The Labute approximate surface area is 136 Å². The van der Waals surface area contributed by atoms with Gasteiger partial charge in [-0.25, -0.2) is 0 Å². The summed E-state index contributed by atoms with van der Waals surface area (Å²) in [5, 5.41) is 9.26. The summed E-state index contributed by atoms with van der Waals surface area (Å²) in [6.45, 7) is 0. The second kappa shape index (κ2) is 5.02. The Kier molecular flexibility index (Phi) is 3.25. The van der Waals surface area contributed by atoms with Crippen LogP contribution in [0.25, 0.3) is 0 Å². The Morgan fingerprint density at radius 2 is 2.00 bits per heavy atom. The molecule has 8 heteroatoms. The largest absolute Gasteiger partial charge is 0.442 e. The number of nitrogens with two attached hydrogens (primary N) is 1. The molecule has 24 heavy (non-hydrogen) atoms. The molecule has 2 fully saturated rings. The van der Waals surface area contributed by atoms with Gasteiger partial charge in [0.1, 0.15) is 0 Å². The van der Waals surface area contributed by atoms with E-state index in [2.05, 4.69) is 15.5 Å². The summed E-state index contributed by atoms with van der Waals surface area (Å²) in [4.78, 5) is 12.4. The molecule has 128 valence electrons. The van der Waals surface area contributed by atoms with Gasteiger partial charge >= 0.3 is 11.8 Å². The maximum Gasteiger partial charge on any atom is 0.442 e. The molecule has 0 saturated heterocycles. The molecule has 0 bridgehead atoms. The van der Waals surface area contributed by atoms with Crippen LogP contribution in [0.3, 0.4) is 0 Å². The quantitative estimate of drug-likeness (QED) is 0.889. The fourth-order valence-corrected chi connectivity index (χ4v) is 3.99. The van der Waals surface area contributed by atoms with E-state index >= 15 is 0 Å². The molecule has 2 aliphatic carbocycles. The van der Waals surface area contributed by atoms with Crippen molar-refractivity contribution >= 4 is 5.91 Å². The summed E-state index contributed by atoms with van der Waals surface area (Å²) < 4.78 is 39.2. The molecule has 1 heterocycles. The Morgan fingerprint density at radius 1 is 1.25 bits per heavy atom. The number of halogens is 3. The fraction of sp³-hybridized carbons (Fsp3) is 0.562. The van der Waals surface area contributed by atoms with Crippen molar-refractivity contribution in [3.8, 4) is 0 Å². The third-order valence-corrected chi connectivity index (χ3v) is 5.43. The van der Waals surface area contributed by atoms with Crippen LogP contribution >= 0.6 is 0 Å². The summed E-state index contributed by atoms with van der Waals surface area (Å²) in [6.07, 6.45) is -1.87. The van der Waals surface area contributed by atoms with E-state index in [1.807, 2.05) is 0 Å². The van der Waals surface area contributed by atoms with Crippen molar-refractivity contribution in [2.24, 2.45) is 27.8 Å². The summed E-state index contributed by atoms with van der Waals surface area (Å²) in [5.74, 6) is 0.656. The molecule has 1 amide bonds. The van der Waals surface area contributed by atoms with Gasteiger partial charge in [-0.3, -0.25) is 4.79 Å². The third kappa shape index (κ3) is 2.31. The van der Waals surface area contributed by atoms with Crippen LogP contribution in [0.15, 0.2) is 34.5 Å². The lowest BCUT2D eigenvalue weighted by Gasteiger charge is -2.37. The predicted molar refractivity (Wildman–Crippen MR) is 79.1 cm³/mol. The number of benzene rings is 1. The van der Waals surface area contributed by atoms with Crippen LogP contribution in [0.5, 0.6) is 0 Å². The van der Waals surface area contributed by atoms with Crippen molar-refractivity contribution in [2.45, 2.75) is 43.2 Å². The molecule has 4 atom stereocenters. The molecule has 0 radical (unpaired) electrons. The molecule has 3 aliphatic rings. The van der Waals surface area contributed by atoms with Gasteiger partial charge in [-0.15, -0.1) is 10.2 Å². The lowest BCUT2D eigenvalue weighted by molar-refractivity contribution is -0.166. The van der Waals surface area contributed by atoms with Crippen molar-refractivity contribution < 1.29 is 18.0 Å². The minimum absolute atomic E-state index is 0.0385. The van der Waals surface area contributed by atoms with Crippen LogP contribution in [-0.2, 0) is 5.66 Å². The average Bonchev–Trinajstić information content (AvgIpc) is 3.28. The topological polar surface area (TPSA) is 79.8 Å². The number of rotatable bonds is 3. The minimum atomic E-state index is -4.59. The molecule has 1 aromatic rings. The van der Waals surface area contributed by atoms with Crippen molar-refractivity contribution in [1.82, 2.24) is 5.32 Å². The van der Waals surface area contributed by atoms with Crippen LogP contribution in [0.2, 0.25) is 0 Å². The number of hydrogen-bond donors (Lipinski definition) is 2. The first kappa shape index (κ1) is 15.6. The molecular weight excluding hydrogens is 321 g/mol.